The highest BCUT2D eigenvalue weighted by atomic mass is 16.6. The zero-order valence-corrected chi connectivity index (χ0v) is 23.4. The Hall–Kier alpha value is -0.160. The Bertz CT molecular complexity index is 688. The third kappa shape index (κ3) is 5.00. The summed E-state index contributed by atoms with van der Waals surface area (Å²) in [6.45, 7) is 9.44. The Morgan fingerprint density at radius 1 is 0.371 bits per heavy atom. The van der Waals surface area contributed by atoms with Crippen LogP contribution in [-0.2, 0) is 18.9 Å². The molecule has 0 spiro atoms. The maximum absolute atomic E-state index is 7.35. The smallest absolute Gasteiger partial charge is 0.126 e. The Morgan fingerprint density at radius 2 is 0.629 bits per heavy atom. The summed E-state index contributed by atoms with van der Waals surface area (Å²) in [6, 6.07) is 0. The van der Waals surface area contributed by atoms with E-state index in [2.05, 4.69) is 27.7 Å². The molecule has 0 bridgehead atoms. The maximum atomic E-state index is 7.35. The van der Waals surface area contributed by atoms with Gasteiger partial charge >= 0.3 is 0 Å². The molecule has 0 saturated heterocycles. The van der Waals surface area contributed by atoms with Crippen molar-refractivity contribution >= 4 is 0 Å². The molecule has 0 aliphatic heterocycles. The van der Waals surface area contributed by atoms with Crippen molar-refractivity contribution in [3.63, 3.8) is 0 Å². The van der Waals surface area contributed by atoms with Crippen molar-refractivity contribution in [3.8, 4) is 0 Å². The van der Waals surface area contributed by atoms with Crippen LogP contribution in [0.5, 0.6) is 0 Å². The molecule has 0 amide bonds. The third-order valence-corrected chi connectivity index (χ3v) is 11.1. The molecule has 0 radical (unpaired) electrons. The van der Waals surface area contributed by atoms with Gasteiger partial charge in [0.1, 0.15) is 11.2 Å². The Kier molecular flexibility index (Phi) is 7.97. The molecule has 0 aromatic rings. The second-order valence-corrected chi connectivity index (χ2v) is 13.5. The van der Waals surface area contributed by atoms with Gasteiger partial charge in [0, 0.05) is 0 Å². The summed E-state index contributed by atoms with van der Waals surface area (Å²) in [4.78, 5) is 0. The van der Waals surface area contributed by atoms with Crippen molar-refractivity contribution in [1.29, 1.82) is 0 Å². The second-order valence-electron chi connectivity index (χ2n) is 13.5. The SMILES string of the molecule is CC1(OC2CCCCC2)CCC(C)(OC2CCCC2)C(C)(OC2CCCC2)C1(C)OC1CCCC1. The molecular weight excluding hydrogens is 436 g/mol. The van der Waals surface area contributed by atoms with Crippen molar-refractivity contribution in [2.24, 2.45) is 0 Å². The molecule has 5 rings (SSSR count). The molecule has 0 N–H and O–H groups in total. The molecule has 0 aromatic carbocycles. The highest BCUT2D eigenvalue weighted by Crippen LogP contribution is 2.58. The quantitative estimate of drug-likeness (QED) is 0.345. The summed E-state index contributed by atoms with van der Waals surface area (Å²) in [7, 11) is 0. The molecule has 0 aromatic heterocycles. The van der Waals surface area contributed by atoms with Crippen molar-refractivity contribution in [2.75, 3.05) is 0 Å². The number of ether oxygens (including phenoxy) is 4. The number of rotatable bonds is 8. The first-order chi connectivity index (χ1) is 16.8. The van der Waals surface area contributed by atoms with E-state index in [1.807, 2.05) is 0 Å². The molecule has 4 heteroatoms. The molecule has 0 heterocycles. The normalized spacial score (nSPS) is 42.9. The number of hydrogen-bond acceptors (Lipinski definition) is 4. The minimum atomic E-state index is -0.569. The van der Waals surface area contributed by atoms with Crippen molar-refractivity contribution in [1.82, 2.24) is 0 Å². The Morgan fingerprint density at radius 3 is 0.943 bits per heavy atom. The van der Waals surface area contributed by atoms with Gasteiger partial charge in [-0.15, -0.1) is 0 Å². The number of hydrogen-bond donors (Lipinski definition) is 0. The van der Waals surface area contributed by atoms with Crippen molar-refractivity contribution < 1.29 is 18.9 Å². The summed E-state index contributed by atoms with van der Waals surface area (Å²) in [5.74, 6) is 0. The molecule has 35 heavy (non-hydrogen) atoms. The monoisotopic (exact) mass is 490 g/mol. The first-order valence-corrected chi connectivity index (χ1v) is 15.5. The fraction of sp³-hybridized carbons (Fsp3) is 1.00. The third-order valence-electron chi connectivity index (χ3n) is 11.1. The second kappa shape index (κ2) is 10.5. The van der Waals surface area contributed by atoms with Gasteiger partial charge in [0.15, 0.2) is 0 Å². The standard InChI is InChI=1S/C31H54O4/c1-28(32-24-14-6-5-7-15-24)22-23-29(2,33-25-16-8-9-17-25)31(4,35-27-20-12-13-21-27)30(28,3)34-26-18-10-11-19-26/h24-27H,5-23H2,1-4H3. The van der Waals surface area contributed by atoms with Crippen LogP contribution in [0.25, 0.3) is 0 Å². The van der Waals surface area contributed by atoms with Crippen LogP contribution in [-0.4, -0.2) is 46.8 Å². The molecular formula is C31H54O4. The zero-order valence-electron chi connectivity index (χ0n) is 23.4. The maximum Gasteiger partial charge on any atom is 0.126 e. The van der Waals surface area contributed by atoms with E-state index in [0.717, 1.165) is 38.5 Å². The molecule has 4 nitrogen and oxygen atoms in total. The lowest BCUT2D eigenvalue weighted by Gasteiger charge is -2.66. The van der Waals surface area contributed by atoms with Gasteiger partial charge in [-0.3, -0.25) is 0 Å². The van der Waals surface area contributed by atoms with Gasteiger partial charge in [-0.2, -0.15) is 0 Å². The molecule has 5 saturated carbocycles. The molecule has 5 aliphatic carbocycles. The summed E-state index contributed by atoms with van der Waals surface area (Å²) in [5.41, 5.74) is -1.90. The lowest BCUT2D eigenvalue weighted by Crippen LogP contribution is -2.79. The Balaban J connectivity index is 1.52. The largest absolute Gasteiger partial charge is 0.369 e. The van der Waals surface area contributed by atoms with Gasteiger partial charge in [-0.25, -0.2) is 0 Å². The van der Waals surface area contributed by atoms with E-state index in [4.69, 9.17) is 18.9 Å². The highest BCUT2D eigenvalue weighted by Gasteiger charge is 2.71. The lowest BCUT2D eigenvalue weighted by molar-refractivity contribution is -0.376. The van der Waals surface area contributed by atoms with Gasteiger partial charge in [0.2, 0.25) is 0 Å². The summed E-state index contributed by atoms with van der Waals surface area (Å²) in [6.07, 6.45) is 24.2. The van der Waals surface area contributed by atoms with Gasteiger partial charge in [-0.1, -0.05) is 57.8 Å². The van der Waals surface area contributed by atoms with E-state index < -0.39 is 11.2 Å². The summed E-state index contributed by atoms with van der Waals surface area (Å²) >= 11 is 0. The minimum Gasteiger partial charge on any atom is -0.369 e. The van der Waals surface area contributed by atoms with E-state index >= 15 is 0 Å². The molecule has 5 aliphatic rings. The topological polar surface area (TPSA) is 36.9 Å². The molecule has 4 atom stereocenters. The predicted octanol–water partition coefficient (Wildman–Crippen LogP) is 8.04. The van der Waals surface area contributed by atoms with Crippen LogP contribution < -0.4 is 0 Å². The molecule has 5 fully saturated rings. The van der Waals surface area contributed by atoms with Crippen LogP contribution in [0.1, 0.15) is 150 Å². The van der Waals surface area contributed by atoms with Gasteiger partial charge in [0.25, 0.3) is 0 Å². The van der Waals surface area contributed by atoms with E-state index in [-0.39, 0.29) is 11.2 Å². The molecule has 202 valence electrons. The van der Waals surface area contributed by atoms with Gasteiger partial charge in [-0.05, 0) is 91.9 Å². The van der Waals surface area contributed by atoms with E-state index in [9.17, 15) is 0 Å². The highest BCUT2D eigenvalue weighted by molar-refractivity contribution is 5.22. The van der Waals surface area contributed by atoms with Crippen LogP contribution in [0.2, 0.25) is 0 Å². The van der Waals surface area contributed by atoms with Crippen LogP contribution >= 0.6 is 0 Å². The van der Waals surface area contributed by atoms with Crippen LogP contribution in [0.4, 0.5) is 0 Å². The first-order valence-electron chi connectivity index (χ1n) is 15.5. The lowest BCUT2D eigenvalue weighted by atomic mass is 9.57. The summed E-state index contributed by atoms with van der Waals surface area (Å²) < 4.78 is 29.1. The van der Waals surface area contributed by atoms with Crippen molar-refractivity contribution in [3.05, 3.63) is 0 Å². The predicted molar refractivity (Wildman–Crippen MR) is 141 cm³/mol. The minimum absolute atomic E-state index is 0.301. The average Bonchev–Trinajstić information content (AvgIpc) is 3.62. The zero-order chi connectivity index (χ0) is 24.6. The van der Waals surface area contributed by atoms with E-state index in [0.29, 0.717) is 24.4 Å². The van der Waals surface area contributed by atoms with Crippen LogP contribution in [0, 0.1) is 0 Å². The van der Waals surface area contributed by atoms with Crippen LogP contribution in [0.3, 0.4) is 0 Å². The fourth-order valence-electron chi connectivity index (χ4n) is 8.38. The van der Waals surface area contributed by atoms with Gasteiger partial charge in [0.05, 0.1) is 35.6 Å². The Labute approximate surface area is 215 Å². The molecule has 4 unspecified atom stereocenters. The van der Waals surface area contributed by atoms with Crippen LogP contribution in [0.15, 0.2) is 0 Å². The average molecular weight is 491 g/mol. The summed E-state index contributed by atoms with van der Waals surface area (Å²) in [5, 5.41) is 0. The fourth-order valence-corrected chi connectivity index (χ4v) is 8.38. The van der Waals surface area contributed by atoms with E-state index in [1.54, 1.807) is 0 Å². The van der Waals surface area contributed by atoms with Gasteiger partial charge < -0.3 is 18.9 Å². The van der Waals surface area contributed by atoms with E-state index in [1.165, 1.54) is 83.5 Å². The first kappa shape index (κ1) is 26.4. The van der Waals surface area contributed by atoms with Crippen molar-refractivity contribution in [2.45, 2.75) is 197 Å².